The van der Waals surface area contributed by atoms with Crippen LogP contribution in [0.15, 0.2) is 0 Å². The Balaban J connectivity index is 1.46. The number of carboxylic acids is 1. The zero-order valence-corrected chi connectivity index (χ0v) is 24.4. The van der Waals surface area contributed by atoms with Crippen molar-refractivity contribution in [2.75, 3.05) is 20.3 Å². The molecule has 2 aliphatic heterocycles. The lowest BCUT2D eigenvalue weighted by Gasteiger charge is -2.51. The molecule has 12 nitrogen and oxygen atoms in total. The van der Waals surface area contributed by atoms with Gasteiger partial charge in [-0.1, -0.05) is 20.3 Å². The first-order valence-electron chi connectivity index (χ1n) is 13.9. The summed E-state index contributed by atoms with van der Waals surface area (Å²) in [6.07, 6.45) is 1.43. The molecule has 228 valence electrons. The molecule has 0 aromatic rings. The van der Waals surface area contributed by atoms with Crippen LogP contribution in [0.2, 0.25) is 0 Å². The van der Waals surface area contributed by atoms with Crippen molar-refractivity contribution in [2.45, 2.75) is 96.5 Å². The molecule has 9 atom stereocenters. The molecule has 1 aliphatic carbocycles. The number of hydrogen-bond acceptors (Lipinski definition) is 11. The molecule has 0 aromatic heterocycles. The van der Waals surface area contributed by atoms with Crippen LogP contribution < -0.4 is 4.84 Å². The maximum absolute atomic E-state index is 12.7. The highest BCUT2D eigenvalue weighted by Gasteiger charge is 2.55. The molecule has 3 rings (SSSR count). The predicted octanol–water partition coefficient (Wildman–Crippen LogP) is 3.14. The zero-order chi connectivity index (χ0) is 29.4. The van der Waals surface area contributed by atoms with Gasteiger partial charge in [-0.2, -0.15) is 0 Å². The fraction of sp³-hybridized carbons (Fsp3) is 0.852. The first kappa shape index (κ1) is 32.5. The van der Waals surface area contributed by atoms with Crippen LogP contribution in [0, 0.1) is 29.6 Å². The van der Waals surface area contributed by atoms with Gasteiger partial charge >= 0.3 is 23.9 Å². The molecule has 3 fully saturated rings. The van der Waals surface area contributed by atoms with Crippen molar-refractivity contribution in [3.05, 3.63) is 0 Å². The molecule has 0 amide bonds. The smallest absolute Gasteiger partial charge is 0.308 e. The summed E-state index contributed by atoms with van der Waals surface area (Å²) in [4.78, 5) is 49.3. The van der Waals surface area contributed by atoms with E-state index in [9.17, 15) is 19.2 Å². The van der Waals surface area contributed by atoms with E-state index in [0.29, 0.717) is 11.8 Å². The van der Waals surface area contributed by atoms with Crippen LogP contribution >= 0.6 is 11.8 Å². The Kier molecular flexibility index (Phi) is 12.0. The van der Waals surface area contributed by atoms with Gasteiger partial charge in [-0.3, -0.25) is 19.2 Å². The van der Waals surface area contributed by atoms with Crippen molar-refractivity contribution in [2.24, 2.45) is 29.6 Å². The van der Waals surface area contributed by atoms with E-state index < -0.39 is 48.3 Å². The van der Waals surface area contributed by atoms with Crippen LogP contribution in [0.25, 0.3) is 0 Å². The van der Waals surface area contributed by atoms with Gasteiger partial charge in [0.1, 0.15) is 13.2 Å². The molecule has 0 aromatic carbocycles. The number of esters is 3. The SMILES string of the molecule is COC1(C)CC[C@@H]2C3[C@H](O[C@H](OC(=O)CCC(=O)OCC(COC(=O)CCC(=O)O)NCl)[C@H](C)[C@@H]3CC[C@H]2C)O1. The first-order chi connectivity index (χ1) is 19.0. The first-order valence-corrected chi connectivity index (χ1v) is 14.3. The number of rotatable bonds is 13. The Morgan fingerprint density at radius 3 is 2.20 bits per heavy atom. The number of ether oxygens (including phenoxy) is 6. The van der Waals surface area contributed by atoms with Crippen LogP contribution in [-0.2, 0) is 47.6 Å². The zero-order valence-electron chi connectivity index (χ0n) is 23.6. The van der Waals surface area contributed by atoms with E-state index in [4.69, 9.17) is 45.3 Å². The lowest BCUT2D eigenvalue weighted by molar-refractivity contribution is -0.367. The fourth-order valence-electron chi connectivity index (χ4n) is 5.97. The number of nitrogens with one attached hydrogen (secondary N) is 1. The Labute approximate surface area is 239 Å². The molecule has 0 bridgehead atoms. The predicted molar refractivity (Wildman–Crippen MR) is 139 cm³/mol. The van der Waals surface area contributed by atoms with E-state index >= 15 is 0 Å². The van der Waals surface area contributed by atoms with Crippen molar-refractivity contribution < 1.29 is 52.7 Å². The summed E-state index contributed by atoms with van der Waals surface area (Å²) in [6, 6.07) is -0.713. The van der Waals surface area contributed by atoms with Gasteiger partial charge in [0.15, 0.2) is 12.1 Å². The second kappa shape index (κ2) is 14.8. The van der Waals surface area contributed by atoms with Crippen LogP contribution in [-0.4, -0.2) is 73.7 Å². The summed E-state index contributed by atoms with van der Waals surface area (Å²) < 4.78 is 34.0. The summed E-state index contributed by atoms with van der Waals surface area (Å²) >= 11 is 5.61. The van der Waals surface area contributed by atoms with Crippen LogP contribution in [0.3, 0.4) is 0 Å². The Bertz CT molecular complexity index is 904. The van der Waals surface area contributed by atoms with E-state index in [1.165, 1.54) is 0 Å². The number of methoxy groups -OCH3 is 1. The fourth-order valence-corrected chi connectivity index (χ4v) is 6.10. The van der Waals surface area contributed by atoms with Crippen LogP contribution in [0.4, 0.5) is 0 Å². The van der Waals surface area contributed by atoms with Crippen molar-refractivity contribution in [3.63, 3.8) is 0 Å². The summed E-state index contributed by atoms with van der Waals surface area (Å²) in [5.74, 6) is -2.42. The third kappa shape index (κ3) is 8.75. The molecular weight excluding hydrogens is 550 g/mol. The molecule has 3 aliphatic rings. The van der Waals surface area contributed by atoms with Gasteiger partial charge in [0.05, 0.1) is 31.7 Å². The monoisotopic (exact) mass is 591 g/mol. The molecule has 1 saturated carbocycles. The van der Waals surface area contributed by atoms with Gasteiger partial charge < -0.3 is 33.5 Å². The van der Waals surface area contributed by atoms with Crippen molar-refractivity contribution in [1.82, 2.24) is 4.84 Å². The van der Waals surface area contributed by atoms with Crippen molar-refractivity contribution >= 4 is 35.7 Å². The maximum atomic E-state index is 12.7. The number of hydrogen-bond donors (Lipinski definition) is 2. The number of halogens is 1. The average molecular weight is 592 g/mol. The molecule has 40 heavy (non-hydrogen) atoms. The number of carboxylic acid groups (broad SMARTS) is 1. The van der Waals surface area contributed by atoms with Gasteiger partial charge in [0.2, 0.25) is 6.29 Å². The van der Waals surface area contributed by atoms with Gasteiger partial charge in [-0.05, 0) is 49.3 Å². The van der Waals surface area contributed by atoms with Gasteiger partial charge in [-0.15, -0.1) is 0 Å². The van der Waals surface area contributed by atoms with E-state index in [-0.39, 0.29) is 56.7 Å². The van der Waals surface area contributed by atoms with Gasteiger partial charge in [0.25, 0.3) is 0 Å². The number of aliphatic carboxylic acids is 1. The second-order valence-corrected chi connectivity index (χ2v) is 11.5. The molecule has 2 heterocycles. The van der Waals surface area contributed by atoms with Crippen LogP contribution in [0.1, 0.15) is 72.1 Å². The minimum Gasteiger partial charge on any atom is -0.481 e. The quantitative estimate of drug-likeness (QED) is 0.183. The van der Waals surface area contributed by atoms with E-state index in [0.717, 1.165) is 25.7 Å². The Morgan fingerprint density at radius 1 is 0.975 bits per heavy atom. The highest BCUT2D eigenvalue weighted by molar-refractivity contribution is 6.13. The van der Waals surface area contributed by atoms with Crippen LogP contribution in [0.5, 0.6) is 0 Å². The van der Waals surface area contributed by atoms with Gasteiger partial charge in [0, 0.05) is 25.4 Å². The van der Waals surface area contributed by atoms with E-state index in [1.54, 1.807) is 7.11 Å². The third-order valence-electron chi connectivity index (χ3n) is 8.46. The summed E-state index contributed by atoms with van der Waals surface area (Å²) in [5, 5.41) is 8.60. The highest BCUT2D eigenvalue weighted by atomic mass is 35.5. The highest BCUT2D eigenvalue weighted by Crippen LogP contribution is 2.53. The third-order valence-corrected chi connectivity index (χ3v) is 8.77. The van der Waals surface area contributed by atoms with Crippen molar-refractivity contribution in [1.29, 1.82) is 0 Å². The minimum atomic E-state index is -1.12. The molecule has 13 heteroatoms. The summed E-state index contributed by atoms with van der Waals surface area (Å²) in [7, 11) is 1.62. The average Bonchev–Trinajstić information content (AvgIpc) is 3.07. The molecule has 0 spiro atoms. The topological polar surface area (TPSA) is 156 Å². The molecular formula is C27H42ClNO11. The standard InChI is InChI=1S/C27H42ClNO11/c1-15-5-6-19-16(2)25(39-26-24(19)18(15)11-12-27(3,35-4)40-26)38-23(34)10-9-22(33)37-14-17(29-28)13-36-21(32)8-7-20(30)31/h15-19,24-26,29H,5-14H2,1-4H3,(H,30,31)/t15-,16-,17?,18+,19+,24?,25+,26-,27?/m1/s1. The van der Waals surface area contributed by atoms with Gasteiger partial charge in [-0.25, -0.2) is 4.84 Å². The summed E-state index contributed by atoms with van der Waals surface area (Å²) in [5.41, 5.74) is 0. The van der Waals surface area contributed by atoms with E-state index in [2.05, 4.69) is 11.8 Å². The Hall–Kier alpha value is -1.99. The molecule has 2 saturated heterocycles. The van der Waals surface area contributed by atoms with Crippen molar-refractivity contribution in [3.8, 4) is 0 Å². The molecule has 3 unspecified atom stereocenters. The molecule has 2 N–H and O–H groups in total. The number of carbonyl (C=O) groups excluding carboxylic acids is 3. The lowest BCUT2D eigenvalue weighted by Crippen LogP contribution is -2.54. The lowest BCUT2D eigenvalue weighted by atomic mass is 9.61. The second-order valence-electron chi connectivity index (χ2n) is 11.2. The summed E-state index contributed by atoms with van der Waals surface area (Å²) in [6.45, 7) is 5.79. The normalized spacial score (nSPS) is 34.1. The Morgan fingerprint density at radius 2 is 1.60 bits per heavy atom. The van der Waals surface area contributed by atoms with E-state index in [1.807, 2.05) is 13.8 Å². The minimum absolute atomic E-state index is 0.0311. The molecule has 0 radical (unpaired) electrons. The number of carbonyl (C=O) groups is 4. The largest absolute Gasteiger partial charge is 0.481 e. The maximum Gasteiger partial charge on any atom is 0.308 e.